The molecular weight excluding hydrogens is 337 g/mol. The average Bonchev–Trinajstić information content (AvgIpc) is 3.34. The van der Waals surface area contributed by atoms with Crippen molar-refractivity contribution in [3.05, 3.63) is 33.8 Å². The number of esters is 1. The highest BCUT2D eigenvalue weighted by molar-refractivity contribution is 6.42. The van der Waals surface area contributed by atoms with Crippen LogP contribution in [0.5, 0.6) is 0 Å². The number of ether oxygens (including phenoxy) is 1. The maximum atomic E-state index is 12.3. The molecule has 0 N–H and O–H groups in total. The second-order valence-electron chi connectivity index (χ2n) is 5.64. The zero-order valence-corrected chi connectivity index (χ0v) is 14.9. The topological polar surface area (TPSA) is 46.6 Å². The molecule has 0 aliphatic heterocycles. The summed E-state index contributed by atoms with van der Waals surface area (Å²) in [6, 6.07) is 4.78. The van der Waals surface area contributed by atoms with Crippen LogP contribution in [0.15, 0.2) is 18.2 Å². The van der Waals surface area contributed by atoms with Crippen molar-refractivity contribution in [1.29, 1.82) is 0 Å². The summed E-state index contributed by atoms with van der Waals surface area (Å²) >= 11 is 11.8. The number of halogens is 2. The van der Waals surface area contributed by atoms with Gasteiger partial charge in [0.05, 0.1) is 16.0 Å². The predicted octanol–water partition coefficient (Wildman–Crippen LogP) is 3.70. The smallest absolute Gasteiger partial charge is 0.309 e. The van der Waals surface area contributed by atoms with Crippen LogP contribution in [-0.2, 0) is 9.53 Å². The van der Waals surface area contributed by atoms with Crippen molar-refractivity contribution >= 4 is 35.0 Å². The fraction of sp³-hybridized carbons (Fsp3) is 0.529. The van der Waals surface area contributed by atoms with Crippen LogP contribution in [-0.4, -0.2) is 42.9 Å². The Labute approximate surface area is 146 Å². The summed E-state index contributed by atoms with van der Waals surface area (Å²) in [5.74, 6) is -0.980. The first-order chi connectivity index (χ1) is 11.0. The lowest BCUT2D eigenvalue weighted by Crippen LogP contribution is -2.28. The number of Topliss-reactive ketones (excluding diaryl/α,β-unsaturated/α-hetero) is 1. The molecule has 4 nitrogen and oxygen atoms in total. The fourth-order valence-electron chi connectivity index (χ4n) is 2.53. The quantitative estimate of drug-likeness (QED) is 0.525. The molecule has 1 aromatic carbocycles. The number of carbonyl (C=O) groups excluding carboxylic acids is 2. The number of hydrogen-bond acceptors (Lipinski definition) is 4. The number of likely N-dealkylation sites (N-methyl/N-ethyl adjacent to an activating group) is 1. The molecule has 1 fully saturated rings. The lowest BCUT2D eigenvalue weighted by atomic mass is 10.1. The first-order valence-corrected chi connectivity index (χ1v) is 8.61. The second-order valence-corrected chi connectivity index (χ2v) is 6.45. The van der Waals surface area contributed by atoms with E-state index >= 15 is 0 Å². The van der Waals surface area contributed by atoms with E-state index in [9.17, 15) is 9.59 Å². The molecule has 2 atom stereocenters. The summed E-state index contributed by atoms with van der Waals surface area (Å²) in [7, 11) is 0. The molecule has 0 radical (unpaired) electrons. The molecule has 0 unspecified atom stereocenters. The Hall–Kier alpha value is -1.10. The monoisotopic (exact) mass is 357 g/mol. The second kappa shape index (κ2) is 8.13. The third-order valence-corrected chi connectivity index (χ3v) is 4.92. The number of benzene rings is 1. The molecule has 0 saturated heterocycles. The minimum absolute atomic E-state index is 0.0748. The summed E-state index contributed by atoms with van der Waals surface area (Å²) < 4.78 is 5.28. The molecule has 1 aliphatic rings. The molecule has 6 heteroatoms. The van der Waals surface area contributed by atoms with Crippen molar-refractivity contribution in [2.45, 2.75) is 20.3 Å². The first-order valence-electron chi connectivity index (χ1n) is 7.86. The van der Waals surface area contributed by atoms with E-state index in [2.05, 4.69) is 18.7 Å². The molecule has 0 aromatic heterocycles. The van der Waals surface area contributed by atoms with E-state index in [1.165, 1.54) is 0 Å². The largest absolute Gasteiger partial charge is 0.464 e. The van der Waals surface area contributed by atoms with E-state index in [-0.39, 0.29) is 23.6 Å². The van der Waals surface area contributed by atoms with E-state index in [1.807, 2.05) is 0 Å². The van der Waals surface area contributed by atoms with Crippen molar-refractivity contribution in [2.75, 3.05) is 26.2 Å². The molecule has 23 heavy (non-hydrogen) atoms. The number of ketones is 1. The summed E-state index contributed by atoms with van der Waals surface area (Å²) in [5.41, 5.74) is 0.489. The van der Waals surface area contributed by atoms with Crippen molar-refractivity contribution in [3.63, 3.8) is 0 Å². The Balaban J connectivity index is 1.82. The Bertz CT molecular complexity index is 587. The van der Waals surface area contributed by atoms with Gasteiger partial charge >= 0.3 is 5.97 Å². The third-order valence-electron chi connectivity index (χ3n) is 4.18. The van der Waals surface area contributed by atoms with Crippen LogP contribution in [0.25, 0.3) is 0 Å². The van der Waals surface area contributed by atoms with Gasteiger partial charge in [-0.05, 0) is 37.7 Å². The number of rotatable bonds is 8. The molecule has 0 amide bonds. The zero-order valence-electron chi connectivity index (χ0n) is 13.4. The van der Waals surface area contributed by atoms with Crippen molar-refractivity contribution in [2.24, 2.45) is 11.8 Å². The van der Waals surface area contributed by atoms with Crippen molar-refractivity contribution in [3.8, 4) is 0 Å². The molecule has 2 rings (SSSR count). The zero-order chi connectivity index (χ0) is 17.0. The van der Waals surface area contributed by atoms with E-state index in [1.54, 1.807) is 18.2 Å². The normalized spacial score (nSPS) is 19.7. The van der Waals surface area contributed by atoms with Gasteiger partial charge in [-0.15, -0.1) is 0 Å². The van der Waals surface area contributed by atoms with Crippen LogP contribution in [0.2, 0.25) is 10.0 Å². The van der Waals surface area contributed by atoms with Gasteiger partial charge in [-0.2, -0.15) is 0 Å². The number of hydrogen-bond donors (Lipinski definition) is 0. The highest BCUT2D eigenvalue weighted by Crippen LogP contribution is 2.42. The maximum Gasteiger partial charge on any atom is 0.309 e. The molecule has 1 saturated carbocycles. The highest BCUT2D eigenvalue weighted by atomic mass is 35.5. The molecule has 1 aliphatic carbocycles. The average molecular weight is 358 g/mol. The van der Waals surface area contributed by atoms with Gasteiger partial charge in [0.2, 0.25) is 0 Å². The lowest BCUT2D eigenvalue weighted by Gasteiger charge is -2.17. The maximum absolute atomic E-state index is 12.3. The number of carbonyl (C=O) groups is 2. The van der Waals surface area contributed by atoms with Crippen LogP contribution in [0.4, 0.5) is 0 Å². The van der Waals surface area contributed by atoms with Crippen LogP contribution >= 0.6 is 23.2 Å². The number of nitrogens with zero attached hydrogens (tertiary/aromatic N) is 1. The van der Waals surface area contributed by atoms with E-state index in [0.717, 1.165) is 19.6 Å². The summed E-state index contributed by atoms with van der Waals surface area (Å²) in [6.07, 6.45) is 0.545. The Morgan fingerprint density at radius 3 is 2.48 bits per heavy atom. The summed E-state index contributed by atoms with van der Waals surface area (Å²) in [5, 5.41) is 0.753. The van der Waals surface area contributed by atoms with Gasteiger partial charge < -0.3 is 9.64 Å². The molecule has 1 aromatic rings. The molecular formula is C17H21Cl2NO3. The van der Waals surface area contributed by atoms with E-state index in [0.29, 0.717) is 28.6 Å². The van der Waals surface area contributed by atoms with Crippen LogP contribution in [0.1, 0.15) is 30.6 Å². The predicted molar refractivity (Wildman–Crippen MR) is 91.1 cm³/mol. The van der Waals surface area contributed by atoms with Gasteiger partial charge in [-0.3, -0.25) is 9.59 Å². The van der Waals surface area contributed by atoms with E-state index < -0.39 is 0 Å². The van der Waals surface area contributed by atoms with Gasteiger partial charge in [0, 0.05) is 18.0 Å². The van der Waals surface area contributed by atoms with Crippen molar-refractivity contribution < 1.29 is 14.3 Å². The van der Waals surface area contributed by atoms with Gasteiger partial charge in [-0.25, -0.2) is 0 Å². The van der Waals surface area contributed by atoms with Gasteiger partial charge in [0.25, 0.3) is 0 Å². The summed E-state index contributed by atoms with van der Waals surface area (Å²) in [4.78, 5) is 26.5. The summed E-state index contributed by atoms with van der Waals surface area (Å²) in [6.45, 7) is 7.07. The third kappa shape index (κ3) is 4.69. The van der Waals surface area contributed by atoms with E-state index in [4.69, 9.17) is 27.9 Å². The Kier molecular flexibility index (Phi) is 6.45. The van der Waals surface area contributed by atoms with Crippen LogP contribution < -0.4 is 0 Å². The molecule has 0 bridgehead atoms. The van der Waals surface area contributed by atoms with Gasteiger partial charge in [-0.1, -0.05) is 37.0 Å². The first kappa shape index (κ1) is 18.2. The molecule has 126 valence electrons. The fourth-order valence-corrected chi connectivity index (χ4v) is 2.83. The SMILES string of the molecule is CCN(CC)CCOC(=O)[C@H]1C[C@@H]1C(=O)c1ccc(Cl)c(Cl)c1. The van der Waals surface area contributed by atoms with Crippen LogP contribution in [0.3, 0.4) is 0 Å². The Morgan fingerprint density at radius 1 is 1.17 bits per heavy atom. The van der Waals surface area contributed by atoms with Crippen molar-refractivity contribution in [1.82, 2.24) is 4.90 Å². The molecule has 0 heterocycles. The standard InChI is InChI=1S/C17H21Cl2NO3/c1-3-20(4-2)7-8-23-17(22)13-10-12(13)16(21)11-5-6-14(18)15(19)9-11/h5-6,9,12-13H,3-4,7-8,10H2,1-2H3/t12-,13-/m0/s1. The lowest BCUT2D eigenvalue weighted by molar-refractivity contribution is -0.145. The molecule has 0 spiro atoms. The van der Waals surface area contributed by atoms with Crippen LogP contribution in [0, 0.1) is 11.8 Å². The van der Waals surface area contributed by atoms with Gasteiger partial charge in [0.1, 0.15) is 6.61 Å². The minimum Gasteiger partial charge on any atom is -0.464 e. The van der Waals surface area contributed by atoms with Gasteiger partial charge in [0.15, 0.2) is 5.78 Å². The Morgan fingerprint density at radius 2 is 1.87 bits per heavy atom. The highest BCUT2D eigenvalue weighted by Gasteiger charge is 2.49. The minimum atomic E-state index is -0.325.